The number of β-amino-alcohol motifs (C(OH)–C–C–N with tert-alkyl or cyclic N) is 1. The van der Waals surface area contributed by atoms with Gasteiger partial charge in [0.25, 0.3) is 5.91 Å². The van der Waals surface area contributed by atoms with Gasteiger partial charge in [-0.05, 0) is 98.7 Å². The molecule has 0 radical (unpaired) electrons. The summed E-state index contributed by atoms with van der Waals surface area (Å²) in [6, 6.07) is 10.2. The highest BCUT2D eigenvalue weighted by Crippen LogP contribution is 2.41. The number of aliphatic hydroxyl groups excluding tert-OH is 2. The van der Waals surface area contributed by atoms with Gasteiger partial charge < -0.3 is 24.6 Å². The summed E-state index contributed by atoms with van der Waals surface area (Å²) >= 11 is 6.31. The lowest BCUT2D eigenvalue weighted by Gasteiger charge is -2.42. The van der Waals surface area contributed by atoms with Crippen molar-refractivity contribution in [1.82, 2.24) is 9.03 Å². The van der Waals surface area contributed by atoms with Crippen molar-refractivity contribution < 1.29 is 32.9 Å². The molecular weight excluding hydrogens is 618 g/mol. The molecule has 3 aliphatic rings. The number of carbonyl (C=O) groups excluding carboxylic acids is 1. The second kappa shape index (κ2) is 14.8. The molecule has 246 valence electrons. The first-order valence-corrected chi connectivity index (χ1v) is 17.5. The van der Waals surface area contributed by atoms with Crippen LogP contribution in [0.15, 0.2) is 48.6 Å². The summed E-state index contributed by atoms with van der Waals surface area (Å²) in [4.78, 5) is 15.8. The number of halogens is 1. The Morgan fingerprint density at radius 2 is 1.98 bits per heavy atom. The maximum Gasteiger partial charge on any atom is 0.304 e. The molecule has 1 aliphatic carbocycles. The lowest BCUT2D eigenvalue weighted by Crippen LogP contribution is -2.50. The number of ether oxygens (including phenoxy) is 2. The van der Waals surface area contributed by atoms with Crippen LogP contribution in [0.1, 0.15) is 60.5 Å². The highest BCUT2D eigenvalue weighted by molar-refractivity contribution is 7.87. The Kier molecular flexibility index (Phi) is 11.1. The van der Waals surface area contributed by atoms with E-state index in [9.17, 15) is 23.4 Å². The van der Waals surface area contributed by atoms with Gasteiger partial charge in [-0.1, -0.05) is 29.8 Å². The first-order valence-electron chi connectivity index (χ1n) is 15.7. The van der Waals surface area contributed by atoms with Crippen molar-refractivity contribution in [2.45, 2.75) is 70.3 Å². The van der Waals surface area contributed by atoms with Gasteiger partial charge in [0, 0.05) is 43.4 Å². The van der Waals surface area contributed by atoms with Crippen LogP contribution in [0, 0.1) is 11.8 Å². The van der Waals surface area contributed by atoms with Gasteiger partial charge in [-0.3, -0.25) is 4.79 Å². The van der Waals surface area contributed by atoms with Crippen LogP contribution in [-0.2, 0) is 28.0 Å². The summed E-state index contributed by atoms with van der Waals surface area (Å²) in [6.07, 6.45) is 6.61. The number of nitrogens with zero attached hydrogens (tertiary/aromatic N) is 2. The number of nitrogens with one attached hydrogen (secondary N) is 1. The van der Waals surface area contributed by atoms with E-state index >= 15 is 0 Å². The molecule has 2 bridgehead atoms. The van der Waals surface area contributed by atoms with Gasteiger partial charge in [-0.25, -0.2) is 4.72 Å². The van der Waals surface area contributed by atoms with E-state index in [-0.39, 0.29) is 30.6 Å². The number of benzene rings is 2. The number of aryl methyl sites for hydroxylation is 1. The Labute approximate surface area is 271 Å². The number of rotatable bonds is 4. The zero-order valence-corrected chi connectivity index (χ0v) is 27.5. The molecule has 45 heavy (non-hydrogen) atoms. The Hall–Kier alpha value is -2.67. The molecule has 2 unspecified atom stereocenters. The van der Waals surface area contributed by atoms with Crippen molar-refractivity contribution in [3.05, 3.63) is 70.3 Å². The van der Waals surface area contributed by atoms with E-state index in [1.807, 2.05) is 18.2 Å². The summed E-state index contributed by atoms with van der Waals surface area (Å²) in [5.74, 6) is 0.119. The first-order chi connectivity index (χ1) is 21.6. The molecule has 5 atom stereocenters. The third-order valence-corrected chi connectivity index (χ3v) is 11.0. The van der Waals surface area contributed by atoms with Gasteiger partial charge >= 0.3 is 10.2 Å². The third kappa shape index (κ3) is 8.19. The smallest absolute Gasteiger partial charge is 0.304 e. The lowest BCUT2D eigenvalue weighted by molar-refractivity contribution is 0.0452. The summed E-state index contributed by atoms with van der Waals surface area (Å²) in [7, 11) is -2.95. The summed E-state index contributed by atoms with van der Waals surface area (Å²) < 4.78 is 41.9. The van der Waals surface area contributed by atoms with Crippen LogP contribution in [0.3, 0.4) is 0 Å². The van der Waals surface area contributed by atoms with Crippen LogP contribution >= 0.6 is 11.6 Å². The van der Waals surface area contributed by atoms with Crippen molar-refractivity contribution in [2.75, 3.05) is 38.3 Å². The Morgan fingerprint density at radius 3 is 2.73 bits per heavy atom. The maximum atomic E-state index is 13.6. The summed E-state index contributed by atoms with van der Waals surface area (Å²) in [5.41, 5.74) is 3.07. The number of fused-ring (bicyclic) bond motifs is 3. The fourth-order valence-electron chi connectivity index (χ4n) is 6.51. The molecule has 1 saturated carbocycles. The molecule has 12 heteroatoms. The minimum absolute atomic E-state index is 0.0632. The molecule has 10 nitrogen and oxygen atoms in total. The van der Waals surface area contributed by atoms with E-state index < -0.39 is 34.4 Å². The van der Waals surface area contributed by atoms with E-state index in [1.54, 1.807) is 37.3 Å². The lowest BCUT2D eigenvalue weighted by atomic mass is 9.70. The monoisotopic (exact) mass is 661 g/mol. The molecule has 2 heterocycles. The van der Waals surface area contributed by atoms with Gasteiger partial charge in [-0.15, -0.1) is 0 Å². The fraction of sp³-hybridized carbons (Fsp3) is 0.545. The van der Waals surface area contributed by atoms with E-state index in [2.05, 4.69) is 9.62 Å². The number of hydrogen-bond acceptors (Lipinski definition) is 8. The molecule has 2 aromatic rings. The van der Waals surface area contributed by atoms with Crippen molar-refractivity contribution >= 4 is 33.4 Å². The Bertz CT molecular complexity index is 1490. The number of aliphatic hydroxyl groups is 2. The number of amides is 1. The van der Waals surface area contributed by atoms with Gasteiger partial charge in [0.2, 0.25) is 0 Å². The number of anilines is 1. The molecule has 1 amide bonds. The SMILES string of the molecule is COC[C@H](O)CN1[C@@H](C)C/C=C/[C@H](O)C2CCC2CN2CCCCc3cc(Cl)ccc3COc3ccc(cc32)C(=O)NS1(=O)=O. The van der Waals surface area contributed by atoms with Crippen molar-refractivity contribution in [2.24, 2.45) is 11.8 Å². The Morgan fingerprint density at radius 1 is 1.16 bits per heavy atom. The predicted molar refractivity (Wildman–Crippen MR) is 174 cm³/mol. The van der Waals surface area contributed by atoms with Crippen LogP contribution < -0.4 is 14.4 Å². The zero-order valence-electron chi connectivity index (χ0n) is 25.9. The van der Waals surface area contributed by atoms with Gasteiger partial charge in [-0.2, -0.15) is 12.7 Å². The van der Waals surface area contributed by atoms with Gasteiger partial charge in [0.1, 0.15) is 12.4 Å². The molecule has 3 N–H and O–H groups in total. The quantitative estimate of drug-likeness (QED) is 0.419. The number of hydrogen-bond donors (Lipinski definition) is 3. The van der Waals surface area contributed by atoms with Crippen molar-refractivity contribution in [3.8, 4) is 5.75 Å². The molecule has 2 aromatic carbocycles. The average molecular weight is 662 g/mol. The number of methoxy groups -OCH3 is 1. The standard InChI is InChI=1S/C33H44ClN3O7S/c1-22-6-5-8-31(39)29-13-10-25(29)18-36-15-4-3-7-23-16-27(34)12-9-26(23)20-44-32-14-11-24(17-30(32)36)33(40)35-45(41,42)37(22)19-28(38)21-43-2/h5,8-9,11-12,14,16-17,22,25,28-29,31,38-39H,3-4,6-7,10,13,15,18-21H2,1-2H3,(H,35,40)/b8-5+/t22-,25?,28+,29?,31-/m0/s1. The van der Waals surface area contributed by atoms with Crippen molar-refractivity contribution in [3.63, 3.8) is 0 Å². The van der Waals surface area contributed by atoms with Crippen molar-refractivity contribution in [1.29, 1.82) is 0 Å². The van der Waals surface area contributed by atoms with E-state index in [4.69, 9.17) is 21.1 Å². The normalized spacial score (nSPS) is 27.4. The summed E-state index contributed by atoms with van der Waals surface area (Å²) in [6.45, 7) is 3.07. The second-order valence-corrected chi connectivity index (χ2v) is 14.5. The van der Waals surface area contributed by atoms with Gasteiger partial charge in [0.05, 0.1) is 24.5 Å². The van der Waals surface area contributed by atoms with Crippen LogP contribution in [0.25, 0.3) is 0 Å². The maximum absolute atomic E-state index is 13.6. The summed E-state index contributed by atoms with van der Waals surface area (Å²) in [5, 5.41) is 22.3. The van der Waals surface area contributed by atoms with Crippen LogP contribution in [-0.4, -0.2) is 80.4 Å². The molecule has 0 aromatic heterocycles. The molecular formula is C33H44ClN3O7S. The topological polar surface area (TPSA) is 129 Å². The van der Waals surface area contributed by atoms with Crippen LogP contribution in [0.4, 0.5) is 5.69 Å². The largest absolute Gasteiger partial charge is 0.487 e. The van der Waals surface area contributed by atoms with Gasteiger partial charge in [0.15, 0.2) is 0 Å². The number of carbonyl (C=O) groups is 1. The molecule has 0 spiro atoms. The molecule has 5 rings (SSSR count). The first kappa shape index (κ1) is 33.7. The minimum atomic E-state index is -4.37. The van der Waals surface area contributed by atoms with E-state index in [0.717, 1.165) is 47.5 Å². The second-order valence-electron chi connectivity index (χ2n) is 12.4. The zero-order chi connectivity index (χ0) is 32.1. The molecule has 2 aliphatic heterocycles. The third-order valence-electron chi connectivity index (χ3n) is 9.19. The van der Waals surface area contributed by atoms with E-state index in [1.165, 1.54) is 7.11 Å². The van der Waals surface area contributed by atoms with Crippen LogP contribution in [0.2, 0.25) is 5.02 Å². The Balaban J connectivity index is 1.53. The van der Waals surface area contributed by atoms with E-state index in [0.29, 0.717) is 42.6 Å². The molecule has 1 fully saturated rings. The fourth-order valence-corrected chi connectivity index (χ4v) is 8.10. The predicted octanol–water partition coefficient (Wildman–Crippen LogP) is 4.08. The highest BCUT2D eigenvalue weighted by Gasteiger charge is 2.37. The minimum Gasteiger partial charge on any atom is -0.487 e. The molecule has 0 saturated heterocycles. The average Bonchev–Trinajstić information content (AvgIpc) is 3.00. The van der Waals surface area contributed by atoms with Crippen LogP contribution in [0.5, 0.6) is 5.75 Å². The highest BCUT2D eigenvalue weighted by atomic mass is 35.5.